The van der Waals surface area contributed by atoms with Crippen molar-refractivity contribution in [2.75, 3.05) is 5.73 Å². The quantitative estimate of drug-likeness (QED) is 0.269. The van der Waals surface area contributed by atoms with E-state index in [-0.39, 0.29) is 5.75 Å². The molecule has 2 nitrogen and oxygen atoms in total. The summed E-state index contributed by atoms with van der Waals surface area (Å²) >= 11 is 0. The van der Waals surface area contributed by atoms with E-state index in [2.05, 4.69) is 0 Å². The maximum Gasteiger partial charge on any atom is 0.139 e. The van der Waals surface area contributed by atoms with E-state index in [9.17, 15) is 0 Å². The molecule has 0 aliphatic rings. The highest BCUT2D eigenvalue weighted by Gasteiger charge is 1.92. The molecular weight excluding hydrogens is 113 g/mol. The molecule has 0 amide bonds. The monoisotopic (exact) mass is 121 g/mol. The zero-order valence-electron chi connectivity index (χ0n) is 5.26. The Morgan fingerprint density at radius 2 is 2.11 bits per heavy atom. The van der Waals surface area contributed by atoms with Crippen LogP contribution in [0.1, 0.15) is 0 Å². The summed E-state index contributed by atoms with van der Waals surface area (Å²) < 4.78 is 0. The Bertz CT molecular complexity index is 224. The van der Waals surface area contributed by atoms with E-state index < -0.39 is 0 Å². The molecule has 0 radical (unpaired) electrons. The maximum atomic E-state index is 8.92. The average molecular weight is 121 g/mol. The first-order chi connectivity index (χ1) is 4.20. The van der Waals surface area contributed by atoms with Gasteiger partial charge in [0.05, 0.1) is 5.69 Å². The highest BCUT2D eigenvalue weighted by molar-refractivity contribution is 6.32. The topological polar surface area (TPSA) is 46.2 Å². The third-order valence-electron chi connectivity index (χ3n) is 1.18. The first-order valence-electron chi connectivity index (χ1n) is 2.75. The van der Waals surface area contributed by atoms with Gasteiger partial charge in [0.2, 0.25) is 0 Å². The Kier molecular flexibility index (Phi) is 1.34. The predicted molar refractivity (Wildman–Crippen MR) is 40.7 cm³/mol. The second-order valence-corrected chi connectivity index (χ2v) is 2.06. The van der Waals surface area contributed by atoms with E-state index >= 15 is 0 Å². The van der Waals surface area contributed by atoms with Gasteiger partial charge in [-0.05, 0) is 12.1 Å². The molecule has 3 N–H and O–H groups in total. The maximum absolute atomic E-state index is 8.92. The Hall–Kier alpha value is -1.12. The normalized spacial score (nSPS) is 9.33. The van der Waals surface area contributed by atoms with Crippen LogP contribution in [0.3, 0.4) is 0 Å². The van der Waals surface area contributed by atoms with Crippen molar-refractivity contribution >= 4 is 19.0 Å². The van der Waals surface area contributed by atoms with Crippen LogP contribution in [0.4, 0.5) is 5.69 Å². The minimum Gasteiger partial charge on any atom is -0.506 e. The van der Waals surface area contributed by atoms with E-state index in [4.69, 9.17) is 10.8 Å². The lowest BCUT2D eigenvalue weighted by Crippen LogP contribution is -2.02. The van der Waals surface area contributed by atoms with Gasteiger partial charge in [0.25, 0.3) is 0 Å². The largest absolute Gasteiger partial charge is 0.506 e. The predicted octanol–water partition coefficient (Wildman–Crippen LogP) is -0.767. The van der Waals surface area contributed by atoms with Gasteiger partial charge >= 0.3 is 0 Å². The number of anilines is 1. The van der Waals surface area contributed by atoms with Crippen molar-refractivity contribution in [1.82, 2.24) is 0 Å². The molecule has 46 valence electrons. The van der Waals surface area contributed by atoms with Crippen LogP contribution < -0.4 is 11.2 Å². The Balaban J connectivity index is 3.17. The van der Waals surface area contributed by atoms with Gasteiger partial charge in [-0.1, -0.05) is 11.5 Å². The van der Waals surface area contributed by atoms with Gasteiger partial charge in [-0.3, -0.25) is 0 Å². The van der Waals surface area contributed by atoms with Gasteiger partial charge in [-0.15, -0.1) is 0 Å². The van der Waals surface area contributed by atoms with Crippen LogP contribution in [0.2, 0.25) is 0 Å². The second-order valence-electron chi connectivity index (χ2n) is 2.06. The zero-order valence-corrected chi connectivity index (χ0v) is 5.26. The van der Waals surface area contributed by atoms with Gasteiger partial charge in [0.15, 0.2) is 0 Å². The van der Waals surface area contributed by atoms with Crippen LogP contribution in [0, 0.1) is 0 Å². The fourth-order valence-corrected chi connectivity index (χ4v) is 0.674. The van der Waals surface area contributed by atoms with E-state index in [0.29, 0.717) is 5.69 Å². The minimum absolute atomic E-state index is 0.153. The van der Waals surface area contributed by atoms with Crippen LogP contribution in [0.15, 0.2) is 18.2 Å². The molecule has 1 rings (SSSR count). The summed E-state index contributed by atoms with van der Waals surface area (Å²) in [6.07, 6.45) is 0. The zero-order chi connectivity index (χ0) is 6.85. The molecule has 0 atom stereocenters. The summed E-state index contributed by atoms with van der Waals surface area (Å²) in [7, 11) is 1.93. The summed E-state index contributed by atoms with van der Waals surface area (Å²) in [5.74, 6) is 0.153. The lowest BCUT2D eigenvalue weighted by molar-refractivity contribution is 0.478. The second kappa shape index (κ2) is 2.01. The molecule has 0 saturated carbocycles. The number of hydrogen-bond donors (Lipinski definition) is 2. The third-order valence-corrected chi connectivity index (χ3v) is 1.18. The summed E-state index contributed by atoms with van der Waals surface area (Å²) in [4.78, 5) is 0. The van der Waals surface area contributed by atoms with E-state index in [0.717, 1.165) is 5.46 Å². The van der Waals surface area contributed by atoms with Gasteiger partial charge < -0.3 is 10.8 Å². The van der Waals surface area contributed by atoms with Crippen molar-refractivity contribution < 1.29 is 5.11 Å². The number of hydrogen-bond acceptors (Lipinski definition) is 2. The summed E-state index contributed by atoms with van der Waals surface area (Å²) in [6, 6.07) is 5.13. The number of phenolic OH excluding ortho intramolecular Hbond substituents is 1. The smallest absolute Gasteiger partial charge is 0.139 e. The first-order valence-corrected chi connectivity index (χ1v) is 2.75. The number of aromatic hydroxyl groups is 1. The molecule has 0 bridgehead atoms. The lowest BCUT2D eigenvalue weighted by Gasteiger charge is -1.97. The van der Waals surface area contributed by atoms with E-state index in [1.165, 1.54) is 0 Å². The fraction of sp³-hybridized carbons (Fsp3) is 0. The van der Waals surface area contributed by atoms with Crippen LogP contribution in [-0.2, 0) is 0 Å². The Labute approximate surface area is 54.7 Å². The SMILES string of the molecule is Bc1ccc(O)c(N)c1. The number of benzene rings is 1. The van der Waals surface area contributed by atoms with E-state index in [1.54, 1.807) is 12.1 Å². The molecule has 0 fully saturated rings. The molecule has 9 heavy (non-hydrogen) atoms. The molecule has 0 aliphatic heterocycles. The van der Waals surface area contributed by atoms with E-state index in [1.807, 2.05) is 13.9 Å². The number of rotatable bonds is 0. The molecule has 0 aromatic heterocycles. The third kappa shape index (κ3) is 1.16. The van der Waals surface area contributed by atoms with Gasteiger partial charge in [-0.2, -0.15) is 0 Å². The lowest BCUT2D eigenvalue weighted by atomic mass is 9.96. The Morgan fingerprint density at radius 3 is 2.56 bits per heavy atom. The van der Waals surface area contributed by atoms with Crippen molar-refractivity contribution in [2.45, 2.75) is 0 Å². The minimum atomic E-state index is 0.153. The average Bonchev–Trinajstić information content (AvgIpc) is 1.80. The molecule has 0 saturated heterocycles. The molecular formula is C6H8BNO. The van der Waals surface area contributed by atoms with Crippen molar-refractivity contribution in [3.8, 4) is 5.75 Å². The first kappa shape index (κ1) is 6.01. The highest BCUT2D eigenvalue weighted by atomic mass is 16.3. The van der Waals surface area contributed by atoms with Crippen molar-refractivity contribution in [3.63, 3.8) is 0 Å². The molecule has 1 aromatic rings. The number of nitrogens with two attached hydrogens (primary N) is 1. The Morgan fingerprint density at radius 1 is 1.44 bits per heavy atom. The van der Waals surface area contributed by atoms with Crippen molar-refractivity contribution in [3.05, 3.63) is 18.2 Å². The number of nitrogen functional groups attached to an aromatic ring is 1. The molecule has 0 unspecified atom stereocenters. The van der Waals surface area contributed by atoms with Gasteiger partial charge in [0, 0.05) is 0 Å². The van der Waals surface area contributed by atoms with Crippen molar-refractivity contribution in [2.24, 2.45) is 0 Å². The van der Waals surface area contributed by atoms with Crippen LogP contribution in [-0.4, -0.2) is 13.0 Å². The van der Waals surface area contributed by atoms with Crippen LogP contribution >= 0.6 is 0 Å². The van der Waals surface area contributed by atoms with Crippen LogP contribution in [0.5, 0.6) is 5.75 Å². The summed E-state index contributed by atoms with van der Waals surface area (Å²) in [5.41, 5.74) is 6.87. The molecule has 0 aliphatic carbocycles. The summed E-state index contributed by atoms with van der Waals surface area (Å²) in [5, 5.41) is 8.92. The van der Waals surface area contributed by atoms with Crippen LogP contribution in [0.25, 0.3) is 0 Å². The fourth-order valence-electron chi connectivity index (χ4n) is 0.674. The number of phenols is 1. The molecule has 3 heteroatoms. The molecule has 0 heterocycles. The summed E-state index contributed by atoms with van der Waals surface area (Å²) in [6.45, 7) is 0. The molecule has 1 aromatic carbocycles. The molecule has 0 spiro atoms. The standard InChI is InChI=1S/C6H8BNO/c7-4-1-2-6(9)5(8)3-4/h1-3,9H,7-8H2. The van der Waals surface area contributed by atoms with Crippen molar-refractivity contribution in [1.29, 1.82) is 0 Å². The highest BCUT2D eigenvalue weighted by Crippen LogP contribution is 2.14. The van der Waals surface area contributed by atoms with Gasteiger partial charge in [0.1, 0.15) is 13.6 Å². The van der Waals surface area contributed by atoms with Gasteiger partial charge in [-0.25, -0.2) is 0 Å².